The zero-order valence-electron chi connectivity index (χ0n) is 11.9. The van der Waals surface area contributed by atoms with E-state index >= 15 is 0 Å². The van der Waals surface area contributed by atoms with Gasteiger partial charge in [0, 0.05) is 11.1 Å². The van der Waals surface area contributed by atoms with E-state index in [0.29, 0.717) is 27.4 Å². The van der Waals surface area contributed by atoms with Gasteiger partial charge in [-0.1, -0.05) is 11.6 Å². The van der Waals surface area contributed by atoms with Gasteiger partial charge >= 0.3 is 0 Å². The molecule has 0 aliphatic heterocycles. The largest absolute Gasteiger partial charge is 0.296 e. The fraction of sp³-hybridized carbons (Fsp3) is 0.133. The summed E-state index contributed by atoms with van der Waals surface area (Å²) in [7, 11) is 0. The molecule has 0 saturated heterocycles. The van der Waals surface area contributed by atoms with Crippen molar-refractivity contribution in [3.05, 3.63) is 47.0 Å². The smallest absolute Gasteiger partial charge is 0.276 e. The highest BCUT2D eigenvalue weighted by atomic mass is 35.5. The van der Waals surface area contributed by atoms with Crippen molar-refractivity contribution in [1.29, 1.82) is 0 Å². The number of nitrogens with one attached hydrogen (secondary N) is 1. The molecule has 3 aromatic heterocycles. The van der Waals surface area contributed by atoms with Crippen molar-refractivity contribution in [3.8, 4) is 5.69 Å². The van der Waals surface area contributed by atoms with E-state index in [1.54, 1.807) is 37.4 Å². The van der Waals surface area contributed by atoms with Crippen LogP contribution in [0.2, 0.25) is 5.02 Å². The minimum absolute atomic E-state index is 0.364. The molecule has 0 bridgehead atoms. The lowest BCUT2D eigenvalue weighted by atomic mass is 10.2. The van der Waals surface area contributed by atoms with Gasteiger partial charge in [-0.05, 0) is 31.2 Å². The van der Waals surface area contributed by atoms with E-state index in [2.05, 4.69) is 20.2 Å². The zero-order valence-corrected chi connectivity index (χ0v) is 12.6. The maximum absolute atomic E-state index is 13.4. The third kappa shape index (κ3) is 2.16. The highest BCUT2D eigenvalue weighted by Gasteiger charge is 2.22. The molecule has 0 spiro atoms. The van der Waals surface area contributed by atoms with Crippen LogP contribution in [0.25, 0.3) is 27.8 Å². The van der Waals surface area contributed by atoms with Crippen LogP contribution in [-0.4, -0.2) is 24.7 Å². The molecule has 4 rings (SSSR count). The standard InChI is InChI=1S/C15H10ClF2N5/c1-7-2-3-11-14(20-7)23(15(21-11)13(17)18)9-4-8-6-19-22-12(8)10(16)5-9/h2-6,13H,1H3,(H,19,22). The predicted octanol–water partition coefficient (Wildman–Crippen LogP) is 4.20. The molecule has 0 unspecified atom stereocenters. The topological polar surface area (TPSA) is 59.4 Å². The average Bonchev–Trinajstić information content (AvgIpc) is 3.10. The number of halogens is 3. The number of aromatic nitrogens is 5. The summed E-state index contributed by atoms with van der Waals surface area (Å²) in [5.74, 6) is -0.364. The van der Waals surface area contributed by atoms with Crippen LogP contribution in [-0.2, 0) is 0 Å². The Hall–Kier alpha value is -2.54. The SMILES string of the molecule is Cc1ccc2nc(C(F)F)n(-c3cc(Cl)c4[nH]ncc4c3)c2n1. The van der Waals surface area contributed by atoms with Crippen molar-refractivity contribution in [2.75, 3.05) is 0 Å². The number of fused-ring (bicyclic) bond motifs is 2. The number of hydrogen-bond acceptors (Lipinski definition) is 3. The van der Waals surface area contributed by atoms with E-state index in [1.165, 1.54) is 4.57 Å². The predicted molar refractivity (Wildman–Crippen MR) is 83.2 cm³/mol. The van der Waals surface area contributed by atoms with Gasteiger partial charge < -0.3 is 0 Å². The summed E-state index contributed by atoms with van der Waals surface area (Å²) in [5.41, 5.74) is 2.63. The Morgan fingerprint density at radius 1 is 1.22 bits per heavy atom. The van der Waals surface area contributed by atoms with Crippen LogP contribution < -0.4 is 0 Å². The van der Waals surface area contributed by atoms with E-state index in [1.807, 2.05) is 0 Å². The Balaban J connectivity index is 2.09. The van der Waals surface area contributed by atoms with E-state index in [0.717, 1.165) is 11.1 Å². The molecule has 4 aromatic rings. The molecule has 0 fully saturated rings. The van der Waals surface area contributed by atoms with Gasteiger partial charge in [0.15, 0.2) is 11.5 Å². The second kappa shape index (κ2) is 4.99. The molecule has 0 radical (unpaired) electrons. The maximum atomic E-state index is 13.4. The lowest BCUT2D eigenvalue weighted by molar-refractivity contribution is 0.139. The van der Waals surface area contributed by atoms with Crippen molar-refractivity contribution >= 4 is 33.7 Å². The first kappa shape index (κ1) is 14.1. The van der Waals surface area contributed by atoms with Crippen LogP contribution >= 0.6 is 11.6 Å². The molecule has 1 aromatic carbocycles. The van der Waals surface area contributed by atoms with Crippen molar-refractivity contribution in [1.82, 2.24) is 24.7 Å². The van der Waals surface area contributed by atoms with Gasteiger partial charge in [-0.2, -0.15) is 5.10 Å². The van der Waals surface area contributed by atoms with Gasteiger partial charge in [0.05, 0.1) is 22.4 Å². The molecule has 5 nitrogen and oxygen atoms in total. The first-order chi connectivity index (χ1) is 11.0. The normalized spacial score (nSPS) is 11.9. The van der Waals surface area contributed by atoms with E-state index in [9.17, 15) is 8.78 Å². The summed E-state index contributed by atoms with van der Waals surface area (Å²) >= 11 is 6.22. The lowest BCUT2D eigenvalue weighted by Gasteiger charge is -2.09. The zero-order chi connectivity index (χ0) is 16.1. The van der Waals surface area contributed by atoms with Gasteiger partial charge in [-0.3, -0.25) is 9.67 Å². The third-order valence-corrected chi connectivity index (χ3v) is 3.91. The van der Waals surface area contributed by atoms with E-state index < -0.39 is 6.43 Å². The van der Waals surface area contributed by atoms with E-state index in [4.69, 9.17) is 11.6 Å². The van der Waals surface area contributed by atoms with Crippen molar-refractivity contribution in [3.63, 3.8) is 0 Å². The quantitative estimate of drug-likeness (QED) is 0.598. The minimum atomic E-state index is -2.73. The van der Waals surface area contributed by atoms with Crippen LogP contribution in [0.1, 0.15) is 17.9 Å². The molecule has 8 heteroatoms. The number of H-pyrrole nitrogens is 1. The molecule has 116 valence electrons. The Kier molecular flexibility index (Phi) is 3.05. The Labute approximate surface area is 133 Å². The summed E-state index contributed by atoms with van der Waals surface area (Å²) in [6.07, 6.45) is -1.15. The summed E-state index contributed by atoms with van der Waals surface area (Å²) in [4.78, 5) is 8.36. The highest BCUT2D eigenvalue weighted by molar-refractivity contribution is 6.35. The number of imidazole rings is 1. The van der Waals surface area contributed by atoms with Gasteiger partial charge in [0.1, 0.15) is 5.52 Å². The second-order valence-corrected chi connectivity index (χ2v) is 5.57. The number of hydrogen-bond donors (Lipinski definition) is 1. The summed E-state index contributed by atoms with van der Waals surface area (Å²) < 4.78 is 28.2. The van der Waals surface area contributed by atoms with Crippen molar-refractivity contribution < 1.29 is 8.78 Å². The van der Waals surface area contributed by atoms with Crippen LogP contribution in [0.3, 0.4) is 0 Å². The lowest BCUT2D eigenvalue weighted by Crippen LogP contribution is -2.03. The van der Waals surface area contributed by atoms with Crippen LogP contribution in [0, 0.1) is 6.92 Å². The number of aromatic amines is 1. The number of rotatable bonds is 2. The van der Waals surface area contributed by atoms with Crippen molar-refractivity contribution in [2.45, 2.75) is 13.3 Å². The number of alkyl halides is 2. The molecular formula is C15H10ClF2N5. The second-order valence-electron chi connectivity index (χ2n) is 5.16. The van der Waals surface area contributed by atoms with E-state index in [-0.39, 0.29) is 5.82 Å². The molecule has 0 saturated carbocycles. The summed E-state index contributed by atoms with van der Waals surface area (Å²) in [6, 6.07) is 6.74. The molecule has 0 atom stereocenters. The third-order valence-electron chi connectivity index (χ3n) is 3.61. The first-order valence-electron chi connectivity index (χ1n) is 6.82. The molecular weight excluding hydrogens is 324 g/mol. The number of benzene rings is 1. The van der Waals surface area contributed by atoms with Crippen LogP contribution in [0.15, 0.2) is 30.5 Å². The molecule has 0 amide bonds. The average molecular weight is 334 g/mol. The van der Waals surface area contributed by atoms with Crippen LogP contribution in [0.4, 0.5) is 8.78 Å². The van der Waals surface area contributed by atoms with Gasteiger partial charge in [0.25, 0.3) is 6.43 Å². The number of aryl methyl sites for hydroxylation is 1. The maximum Gasteiger partial charge on any atom is 0.296 e. The highest BCUT2D eigenvalue weighted by Crippen LogP contribution is 2.31. The minimum Gasteiger partial charge on any atom is -0.276 e. The molecule has 0 aliphatic carbocycles. The Morgan fingerprint density at radius 3 is 2.83 bits per heavy atom. The number of pyridine rings is 1. The van der Waals surface area contributed by atoms with Gasteiger partial charge in [0.2, 0.25) is 0 Å². The molecule has 1 N–H and O–H groups in total. The fourth-order valence-electron chi connectivity index (χ4n) is 2.60. The Bertz CT molecular complexity index is 1040. The fourth-order valence-corrected chi connectivity index (χ4v) is 2.86. The molecule has 3 heterocycles. The van der Waals surface area contributed by atoms with Crippen molar-refractivity contribution in [2.24, 2.45) is 0 Å². The molecule has 23 heavy (non-hydrogen) atoms. The summed E-state index contributed by atoms with van der Waals surface area (Å²) in [5, 5.41) is 7.81. The summed E-state index contributed by atoms with van der Waals surface area (Å²) in [6.45, 7) is 1.80. The monoisotopic (exact) mass is 333 g/mol. The van der Waals surface area contributed by atoms with Crippen LogP contribution in [0.5, 0.6) is 0 Å². The Morgan fingerprint density at radius 2 is 2.04 bits per heavy atom. The van der Waals surface area contributed by atoms with Gasteiger partial charge in [-0.15, -0.1) is 0 Å². The first-order valence-corrected chi connectivity index (χ1v) is 7.19. The molecule has 0 aliphatic rings. The number of nitrogens with zero attached hydrogens (tertiary/aromatic N) is 4. The van der Waals surface area contributed by atoms with Gasteiger partial charge in [-0.25, -0.2) is 18.7 Å².